The molecule has 0 N–H and O–H groups in total. The lowest BCUT2D eigenvalue weighted by Gasteiger charge is -2.20. The molecule has 0 saturated carbocycles. The number of hydrogen-bond donors (Lipinski definition) is 0. The van der Waals surface area contributed by atoms with Gasteiger partial charge in [-0.1, -0.05) is 11.6 Å². The number of carbonyl (C=O) groups excluding carboxylic acids is 1. The predicted octanol–water partition coefficient (Wildman–Crippen LogP) is 3.57. The van der Waals surface area contributed by atoms with Crippen LogP contribution in [0.15, 0.2) is 12.1 Å². The molecule has 0 radical (unpaired) electrons. The molecule has 0 aliphatic carbocycles. The first kappa shape index (κ1) is 18.7. The van der Waals surface area contributed by atoms with Gasteiger partial charge in [-0.25, -0.2) is 9.18 Å². The number of nitrogens with zero attached hydrogens (tertiary/aromatic N) is 1. The van der Waals surface area contributed by atoms with E-state index in [1.165, 1.54) is 13.0 Å². The number of rotatable bonds is 5. The van der Waals surface area contributed by atoms with E-state index in [1.54, 1.807) is 6.92 Å². The molecule has 1 fully saturated rings. The van der Waals surface area contributed by atoms with Crippen LogP contribution in [0.25, 0.3) is 0 Å². The zero-order chi connectivity index (χ0) is 17.7. The molecule has 0 amide bonds. The molecule has 1 aliphatic rings. The van der Waals surface area contributed by atoms with Crippen LogP contribution in [0.3, 0.4) is 0 Å². The highest BCUT2D eigenvalue weighted by Gasteiger charge is 2.21. The fourth-order valence-corrected chi connectivity index (χ4v) is 2.70. The Labute approximate surface area is 150 Å². The summed E-state index contributed by atoms with van der Waals surface area (Å²) in [6.07, 6.45) is 1.17. The van der Waals surface area contributed by atoms with Gasteiger partial charge in [0.25, 0.3) is 5.17 Å². The number of ether oxygens (including phenoxy) is 3. The molecule has 1 saturated heterocycles. The van der Waals surface area contributed by atoms with Gasteiger partial charge in [0.15, 0.2) is 17.7 Å². The Hall–Kier alpha value is -1.60. The number of thiocarbonyl (C=S) groups is 1. The Morgan fingerprint density at radius 2 is 2.04 bits per heavy atom. The monoisotopic (exact) mass is 375 g/mol. The lowest BCUT2D eigenvalue weighted by Crippen LogP contribution is -2.30. The maximum Gasteiger partial charge on any atom is 0.347 e. The Balaban J connectivity index is 2.12. The van der Waals surface area contributed by atoms with Gasteiger partial charge in [0.1, 0.15) is 5.75 Å². The summed E-state index contributed by atoms with van der Waals surface area (Å²) in [5.74, 6) is -1.16. The van der Waals surface area contributed by atoms with E-state index in [0.29, 0.717) is 0 Å². The second kappa shape index (κ2) is 8.48. The van der Waals surface area contributed by atoms with Crippen molar-refractivity contribution in [1.82, 2.24) is 4.90 Å². The molecular formula is C16H19ClFNO4S. The SMILES string of the molecule is CCOC(=O)C(C)Oc1cc(OC(=S)N2CCCC2)c(F)cc1Cl. The van der Waals surface area contributed by atoms with Gasteiger partial charge in [-0.15, -0.1) is 0 Å². The summed E-state index contributed by atoms with van der Waals surface area (Å²) >= 11 is 11.2. The Morgan fingerprint density at radius 1 is 1.38 bits per heavy atom. The summed E-state index contributed by atoms with van der Waals surface area (Å²) in [4.78, 5) is 13.5. The molecule has 0 spiro atoms. The molecule has 24 heavy (non-hydrogen) atoms. The van der Waals surface area contributed by atoms with E-state index >= 15 is 0 Å². The predicted molar refractivity (Wildman–Crippen MR) is 92.2 cm³/mol. The van der Waals surface area contributed by atoms with Crippen LogP contribution in [0, 0.1) is 5.82 Å². The topological polar surface area (TPSA) is 48.0 Å². The van der Waals surface area contributed by atoms with E-state index in [0.717, 1.165) is 32.0 Å². The van der Waals surface area contributed by atoms with E-state index in [2.05, 4.69) is 0 Å². The average Bonchev–Trinajstić information content (AvgIpc) is 3.06. The third kappa shape index (κ3) is 4.70. The highest BCUT2D eigenvalue weighted by Crippen LogP contribution is 2.33. The van der Waals surface area contributed by atoms with Gasteiger partial charge in [-0.2, -0.15) is 0 Å². The van der Waals surface area contributed by atoms with E-state index in [-0.39, 0.29) is 28.3 Å². The maximum absolute atomic E-state index is 14.1. The molecular weight excluding hydrogens is 357 g/mol. The van der Waals surface area contributed by atoms with Crippen molar-refractivity contribution in [2.75, 3.05) is 19.7 Å². The molecule has 1 unspecified atom stereocenters. The number of hydrogen-bond acceptors (Lipinski definition) is 5. The summed E-state index contributed by atoms with van der Waals surface area (Å²) in [6.45, 7) is 5.03. The summed E-state index contributed by atoms with van der Waals surface area (Å²) in [7, 11) is 0. The van der Waals surface area contributed by atoms with Crippen molar-refractivity contribution >= 4 is 35.0 Å². The summed E-state index contributed by atoms with van der Waals surface area (Å²) in [6, 6.07) is 2.35. The first-order valence-corrected chi connectivity index (χ1v) is 8.50. The van der Waals surface area contributed by atoms with Crippen LogP contribution in [0.2, 0.25) is 5.02 Å². The van der Waals surface area contributed by atoms with Gasteiger partial charge in [0.2, 0.25) is 0 Å². The minimum atomic E-state index is -0.883. The van der Waals surface area contributed by atoms with Crippen molar-refractivity contribution in [1.29, 1.82) is 0 Å². The first-order valence-electron chi connectivity index (χ1n) is 7.71. The second-order valence-corrected chi connectivity index (χ2v) is 6.04. The number of carbonyl (C=O) groups is 1. The zero-order valence-corrected chi connectivity index (χ0v) is 15.1. The van der Waals surface area contributed by atoms with Crippen molar-refractivity contribution in [3.63, 3.8) is 0 Å². The second-order valence-electron chi connectivity index (χ2n) is 5.29. The van der Waals surface area contributed by atoms with Gasteiger partial charge in [-0.3, -0.25) is 0 Å². The fraction of sp³-hybridized carbons (Fsp3) is 0.500. The van der Waals surface area contributed by atoms with Crippen LogP contribution < -0.4 is 9.47 Å². The van der Waals surface area contributed by atoms with Gasteiger partial charge in [0, 0.05) is 25.2 Å². The molecule has 1 atom stereocenters. The van der Waals surface area contributed by atoms with Crippen LogP contribution >= 0.6 is 23.8 Å². The van der Waals surface area contributed by atoms with Gasteiger partial charge >= 0.3 is 5.97 Å². The first-order chi connectivity index (χ1) is 11.4. The third-order valence-corrected chi connectivity index (χ3v) is 4.11. The average molecular weight is 376 g/mol. The molecule has 2 rings (SSSR count). The fourth-order valence-electron chi connectivity index (χ4n) is 2.24. The summed E-state index contributed by atoms with van der Waals surface area (Å²) < 4.78 is 29.8. The number of benzene rings is 1. The van der Waals surface area contributed by atoms with Crippen LogP contribution in [0.4, 0.5) is 4.39 Å². The lowest BCUT2D eigenvalue weighted by molar-refractivity contribution is -0.150. The van der Waals surface area contributed by atoms with Crippen LogP contribution in [0.5, 0.6) is 11.5 Å². The molecule has 1 aromatic carbocycles. The van der Waals surface area contributed by atoms with Gasteiger partial charge < -0.3 is 19.1 Å². The highest BCUT2D eigenvalue weighted by atomic mass is 35.5. The Bertz CT molecular complexity index is 622. The lowest BCUT2D eigenvalue weighted by atomic mass is 10.3. The minimum Gasteiger partial charge on any atom is -0.477 e. The number of likely N-dealkylation sites (tertiary alicyclic amines) is 1. The largest absolute Gasteiger partial charge is 0.477 e. The van der Waals surface area contributed by atoms with Gasteiger partial charge in [-0.05, 0) is 38.9 Å². The van der Waals surface area contributed by atoms with Crippen molar-refractivity contribution in [2.24, 2.45) is 0 Å². The molecule has 0 aromatic heterocycles. The quantitative estimate of drug-likeness (QED) is 0.579. The number of halogens is 2. The third-order valence-electron chi connectivity index (χ3n) is 3.47. The molecule has 132 valence electrons. The summed E-state index contributed by atoms with van der Waals surface area (Å²) in [5, 5.41) is 0.237. The van der Waals surface area contributed by atoms with E-state index in [1.807, 2.05) is 4.90 Å². The van der Waals surface area contributed by atoms with Crippen molar-refractivity contribution in [2.45, 2.75) is 32.8 Å². The minimum absolute atomic E-state index is 0.0306. The Kier molecular flexibility index (Phi) is 6.62. The smallest absolute Gasteiger partial charge is 0.347 e. The Morgan fingerprint density at radius 3 is 2.67 bits per heavy atom. The van der Waals surface area contributed by atoms with Crippen molar-refractivity contribution in [3.05, 3.63) is 23.0 Å². The van der Waals surface area contributed by atoms with Crippen molar-refractivity contribution in [3.8, 4) is 11.5 Å². The van der Waals surface area contributed by atoms with Crippen LogP contribution in [0.1, 0.15) is 26.7 Å². The molecule has 1 aliphatic heterocycles. The molecule has 5 nitrogen and oxygen atoms in total. The van der Waals surface area contributed by atoms with Crippen LogP contribution in [-0.4, -0.2) is 41.8 Å². The standard InChI is InChI=1S/C16H19ClFNO4S/c1-3-21-15(20)10(2)22-13-9-14(12(18)8-11(13)17)23-16(24)19-6-4-5-7-19/h8-10H,3-7H2,1-2H3. The van der Waals surface area contributed by atoms with Crippen molar-refractivity contribution < 1.29 is 23.4 Å². The molecule has 1 heterocycles. The summed E-state index contributed by atoms with van der Waals surface area (Å²) in [5.41, 5.74) is 0. The molecule has 1 aromatic rings. The van der Waals surface area contributed by atoms with E-state index < -0.39 is 17.9 Å². The van der Waals surface area contributed by atoms with Gasteiger partial charge in [0.05, 0.1) is 11.6 Å². The molecule has 8 heteroatoms. The normalized spacial score (nSPS) is 15.1. The van der Waals surface area contributed by atoms with E-state index in [4.69, 9.17) is 38.0 Å². The zero-order valence-electron chi connectivity index (χ0n) is 13.5. The molecule has 0 bridgehead atoms. The number of esters is 1. The highest BCUT2D eigenvalue weighted by molar-refractivity contribution is 7.80. The maximum atomic E-state index is 14.1. The van der Waals surface area contributed by atoms with Crippen LogP contribution in [-0.2, 0) is 9.53 Å². The van der Waals surface area contributed by atoms with E-state index in [9.17, 15) is 9.18 Å².